The Kier molecular flexibility index (Phi) is 8.43. The van der Waals surface area contributed by atoms with Crippen molar-refractivity contribution in [3.8, 4) is 0 Å². The molecule has 2 aliphatic rings. The maximum atomic E-state index is 13.4. The lowest BCUT2D eigenvalue weighted by molar-refractivity contribution is -0.121. The molecule has 2 aliphatic heterocycles. The van der Waals surface area contributed by atoms with Crippen LogP contribution < -0.4 is 31.5 Å². The highest BCUT2D eigenvalue weighted by atomic mass is 19.1. The minimum Gasteiger partial charge on any atom is -0.465 e. The Balaban J connectivity index is 1.24. The van der Waals surface area contributed by atoms with E-state index in [0.717, 1.165) is 5.69 Å². The summed E-state index contributed by atoms with van der Waals surface area (Å²) in [5.41, 5.74) is 2.73. The summed E-state index contributed by atoms with van der Waals surface area (Å²) >= 11 is 0. The van der Waals surface area contributed by atoms with E-state index in [4.69, 9.17) is 4.74 Å². The van der Waals surface area contributed by atoms with Crippen LogP contribution in [0.4, 0.5) is 20.6 Å². The number of anilines is 2. The van der Waals surface area contributed by atoms with Gasteiger partial charge < -0.3 is 36.0 Å². The Bertz CT molecular complexity index is 1460. The van der Waals surface area contributed by atoms with Crippen LogP contribution in [-0.4, -0.2) is 91.3 Å². The molecule has 5 rings (SSSR count). The molecule has 3 heterocycles. The van der Waals surface area contributed by atoms with Gasteiger partial charge in [-0.1, -0.05) is 12.1 Å². The zero-order valence-corrected chi connectivity index (χ0v) is 21.9. The van der Waals surface area contributed by atoms with Crippen LogP contribution in [0.2, 0.25) is 0 Å². The number of carbonyl (C=O) groups is 3. The molecule has 1 aromatic heterocycles. The molecule has 0 aliphatic carbocycles. The SMILES string of the molecule is O=C(O)NC(NC(=O)CNC(=O)c1cc(NC2=NCC(F)CN2)c2cn[nH]c2c1)c1cccc(N2CCOCC2)c1. The number of guanidine groups is 1. The zero-order valence-electron chi connectivity index (χ0n) is 21.9. The van der Waals surface area contributed by atoms with Crippen LogP contribution in [0.3, 0.4) is 0 Å². The van der Waals surface area contributed by atoms with Gasteiger partial charge in [0, 0.05) is 29.7 Å². The molecule has 0 bridgehead atoms. The van der Waals surface area contributed by atoms with Crippen LogP contribution in [0, 0.1) is 0 Å². The number of halogens is 1. The number of hydrogen-bond acceptors (Lipinski definition) is 9. The smallest absolute Gasteiger partial charge is 0.406 e. The average Bonchev–Trinajstić information content (AvgIpc) is 3.46. The number of H-pyrrole nitrogens is 1. The number of ether oxygens (including phenoxy) is 1. The molecule has 3 aromatic rings. The summed E-state index contributed by atoms with van der Waals surface area (Å²) in [4.78, 5) is 43.5. The van der Waals surface area contributed by atoms with Gasteiger partial charge in [-0.2, -0.15) is 5.10 Å². The highest BCUT2D eigenvalue weighted by Gasteiger charge is 2.21. The van der Waals surface area contributed by atoms with Gasteiger partial charge in [0.2, 0.25) is 5.91 Å². The number of aromatic nitrogens is 2. The number of rotatable bonds is 8. The number of aliphatic imine (C=N–C) groups is 1. The topological polar surface area (TPSA) is 185 Å². The Labute approximate surface area is 233 Å². The first-order chi connectivity index (χ1) is 19.9. The maximum absolute atomic E-state index is 13.4. The number of hydrogen-bond donors (Lipinski definition) is 7. The van der Waals surface area contributed by atoms with E-state index in [9.17, 15) is 23.9 Å². The van der Waals surface area contributed by atoms with Gasteiger partial charge >= 0.3 is 6.09 Å². The third-order valence-corrected chi connectivity index (χ3v) is 6.57. The van der Waals surface area contributed by atoms with Crippen molar-refractivity contribution >= 4 is 46.1 Å². The van der Waals surface area contributed by atoms with E-state index in [2.05, 4.69) is 46.7 Å². The zero-order chi connectivity index (χ0) is 28.8. The van der Waals surface area contributed by atoms with E-state index < -0.39 is 36.8 Å². The summed E-state index contributed by atoms with van der Waals surface area (Å²) in [6.45, 7) is 2.31. The molecule has 0 spiro atoms. The second-order valence-electron chi connectivity index (χ2n) is 9.47. The Morgan fingerprint density at radius 3 is 2.76 bits per heavy atom. The summed E-state index contributed by atoms with van der Waals surface area (Å²) in [6.07, 6.45) is -1.85. The predicted octanol–water partition coefficient (Wildman–Crippen LogP) is 0.921. The first-order valence-electron chi connectivity index (χ1n) is 13.0. The van der Waals surface area contributed by atoms with Crippen molar-refractivity contribution in [2.45, 2.75) is 12.3 Å². The van der Waals surface area contributed by atoms with Crippen molar-refractivity contribution in [1.29, 1.82) is 0 Å². The van der Waals surface area contributed by atoms with E-state index in [0.29, 0.717) is 54.4 Å². The monoisotopic (exact) mass is 567 g/mol. The standard InChI is InChI=1S/C26H30FN9O5/c27-17-11-29-25(30-12-17)32-20-9-16(10-21-19(20)13-31-35-21)24(38)28-14-22(37)33-23(34-26(39)40)15-2-1-3-18(8-15)36-4-6-41-7-5-36/h1-3,8-10,13,17,23,34H,4-7,11-12,14H2,(H,28,38)(H,31,35)(H,33,37)(H,39,40)(H2,29,30,32). The fourth-order valence-electron chi connectivity index (χ4n) is 4.54. The number of morpholine rings is 1. The average molecular weight is 568 g/mol. The number of amides is 3. The van der Waals surface area contributed by atoms with E-state index in [1.165, 1.54) is 0 Å². The molecule has 0 radical (unpaired) electrons. The second-order valence-corrected chi connectivity index (χ2v) is 9.47. The van der Waals surface area contributed by atoms with Crippen molar-refractivity contribution in [3.63, 3.8) is 0 Å². The number of fused-ring (bicyclic) bond motifs is 1. The van der Waals surface area contributed by atoms with Crippen molar-refractivity contribution in [1.82, 2.24) is 31.5 Å². The molecule has 2 unspecified atom stereocenters. The molecule has 2 atom stereocenters. The minimum absolute atomic E-state index is 0.0222. The van der Waals surface area contributed by atoms with E-state index in [-0.39, 0.29) is 18.7 Å². The van der Waals surface area contributed by atoms with Crippen LogP contribution in [0.1, 0.15) is 22.1 Å². The van der Waals surface area contributed by atoms with Gasteiger partial charge in [-0.3, -0.25) is 20.0 Å². The molecule has 14 nitrogen and oxygen atoms in total. The number of nitrogens with one attached hydrogen (secondary N) is 6. The number of alkyl halides is 1. The molecular weight excluding hydrogens is 537 g/mol. The minimum atomic E-state index is -1.32. The number of aromatic amines is 1. The van der Waals surface area contributed by atoms with Crippen LogP contribution >= 0.6 is 0 Å². The first kappa shape index (κ1) is 27.6. The molecule has 216 valence electrons. The number of nitrogens with zero attached hydrogens (tertiary/aromatic N) is 3. The van der Waals surface area contributed by atoms with Crippen molar-refractivity contribution in [2.24, 2.45) is 4.99 Å². The molecular formula is C26H30FN9O5. The molecule has 41 heavy (non-hydrogen) atoms. The number of carbonyl (C=O) groups excluding carboxylic acids is 2. The fraction of sp³-hybridized carbons (Fsp3) is 0.346. The Hall–Kier alpha value is -4.92. The Morgan fingerprint density at radius 1 is 1.17 bits per heavy atom. The quantitative estimate of drug-likeness (QED) is 0.194. The van der Waals surface area contributed by atoms with Crippen LogP contribution in [0.25, 0.3) is 10.9 Å². The van der Waals surface area contributed by atoms with Gasteiger partial charge in [0.25, 0.3) is 5.91 Å². The van der Waals surface area contributed by atoms with E-state index >= 15 is 0 Å². The van der Waals surface area contributed by atoms with E-state index in [1.807, 2.05) is 6.07 Å². The lowest BCUT2D eigenvalue weighted by atomic mass is 10.1. The summed E-state index contributed by atoms with van der Waals surface area (Å²) in [5, 5.41) is 30.3. The van der Waals surface area contributed by atoms with Crippen molar-refractivity contribution in [2.75, 3.05) is 56.2 Å². The molecule has 0 saturated carbocycles. The summed E-state index contributed by atoms with van der Waals surface area (Å²) in [5.74, 6) is -0.775. The maximum Gasteiger partial charge on any atom is 0.406 e. The molecule has 1 fully saturated rings. The summed E-state index contributed by atoms with van der Waals surface area (Å²) in [7, 11) is 0. The molecule has 15 heteroatoms. The van der Waals surface area contributed by atoms with Crippen LogP contribution in [-0.2, 0) is 9.53 Å². The van der Waals surface area contributed by atoms with Gasteiger partial charge in [0.15, 0.2) is 5.96 Å². The third-order valence-electron chi connectivity index (χ3n) is 6.57. The van der Waals surface area contributed by atoms with Crippen molar-refractivity contribution in [3.05, 3.63) is 53.7 Å². The van der Waals surface area contributed by atoms with Crippen LogP contribution in [0.5, 0.6) is 0 Å². The second kappa shape index (κ2) is 12.5. The lowest BCUT2D eigenvalue weighted by Crippen LogP contribution is -2.44. The van der Waals surface area contributed by atoms with Gasteiger partial charge in [0.1, 0.15) is 12.3 Å². The lowest BCUT2D eigenvalue weighted by Gasteiger charge is -2.29. The predicted molar refractivity (Wildman–Crippen MR) is 149 cm³/mol. The highest BCUT2D eigenvalue weighted by molar-refractivity contribution is 6.07. The van der Waals surface area contributed by atoms with Gasteiger partial charge in [-0.15, -0.1) is 0 Å². The largest absolute Gasteiger partial charge is 0.465 e. The first-order valence-corrected chi connectivity index (χ1v) is 13.0. The Morgan fingerprint density at radius 2 is 2.00 bits per heavy atom. The summed E-state index contributed by atoms with van der Waals surface area (Å²) < 4.78 is 18.8. The van der Waals surface area contributed by atoms with Crippen LogP contribution in [0.15, 0.2) is 47.6 Å². The third kappa shape index (κ3) is 7.00. The van der Waals surface area contributed by atoms with Gasteiger partial charge in [-0.05, 0) is 29.8 Å². The van der Waals surface area contributed by atoms with Gasteiger partial charge in [-0.25, -0.2) is 14.2 Å². The molecule has 2 aromatic carbocycles. The normalized spacial score (nSPS) is 17.6. The molecule has 3 amide bonds. The number of carboxylic acid groups (broad SMARTS) is 1. The van der Waals surface area contributed by atoms with Crippen molar-refractivity contribution < 1.29 is 28.6 Å². The number of benzene rings is 2. The summed E-state index contributed by atoms with van der Waals surface area (Å²) in [6, 6.07) is 10.4. The molecule has 1 saturated heterocycles. The fourth-order valence-corrected chi connectivity index (χ4v) is 4.54. The van der Waals surface area contributed by atoms with Gasteiger partial charge in [0.05, 0.1) is 50.2 Å². The van der Waals surface area contributed by atoms with E-state index in [1.54, 1.807) is 36.5 Å². The highest BCUT2D eigenvalue weighted by Crippen LogP contribution is 2.24. The molecule has 7 N–H and O–H groups in total.